The van der Waals surface area contributed by atoms with Gasteiger partial charge in [-0.15, -0.1) is 0 Å². The molecule has 3 aromatic rings. The number of aromatic nitrogens is 1. The number of aldehydes is 1. The number of methoxy groups -OCH3 is 2. The normalized spacial score (nSPS) is 23.9. The van der Waals surface area contributed by atoms with Gasteiger partial charge in [-0.3, -0.25) is 0 Å². The minimum absolute atomic E-state index is 0.0142. The highest BCUT2D eigenvalue weighted by Gasteiger charge is 2.62. The molecule has 1 N–H and O–H groups in total. The van der Waals surface area contributed by atoms with Gasteiger partial charge < -0.3 is 19.3 Å². The lowest BCUT2D eigenvalue weighted by atomic mass is 9.77. The van der Waals surface area contributed by atoms with Crippen LogP contribution in [0.4, 0.5) is 0 Å². The summed E-state index contributed by atoms with van der Waals surface area (Å²) < 4.78 is 37.0. The van der Waals surface area contributed by atoms with Crippen LogP contribution in [0, 0.1) is 0 Å². The van der Waals surface area contributed by atoms with E-state index in [1.165, 1.54) is 32.4 Å². The van der Waals surface area contributed by atoms with E-state index in [1.807, 2.05) is 24.3 Å². The predicted octanol–water partition coefficient (Wildman–Crippen LogP) is 3.52. The zero-order chi connectivity index (χ0) is 21.4. The molecule has 0 fully saturated rings. The van der Waals surface area contributed by atoms with E-state index in [4.69, 9.17) is 9.47 Å². The number of ether oxygens (including phenoxy) is 2. The number of allylic oxidation sites excluding steroid dienone is 1. The van der Waals surface area contributed by atoms with Crippen molar-refractivity contribution < 1.29 is 22.7 Å². The van der Waals surface area contributed by atoms with E-state index in [-0.39, 0.29) is 10.7 Å². The largest absolute Gasteiger partial charge is 0.497 e. The topological polar surface area (TPSA) is 85.5 Å². The van der Waals surface area contributed by atoms with Gasteiger partial charge in [0.25, 0.3) is 0 Å². The Morgan fingerprint density at radius 2 is 1.70 bits per heavy atom. The summed E-state index contributed by atoms with van der Waals surface area (Å²) in [7, 11) is -1.42. The van der Waals surface area contributed by atoms with Crippen molar-refractivity contribution in [2.75, 3.05) is 14.2 Å². The van der Waals surface area contributed by atoms with E-state index >= 15 is 0 Å². The second-order valence-electron chi connectivity index (χ2n) is 7.00. The van der Waals surface area contributed by atoms with Crippen LogP contribution in [0.5, 0.6) is 0 Å². The SMILES string of the molecule is COC1=CC(C=O)(S(=O)(=O)c2ccccc2)C(OC)(c2c[nH]c3ccccc23)C=C1. The molecule has 154 valence electrons. The third-order valence-corrected chi connectivity index (χ3v) is 7.94. The number of carbonyl (C=O) groups excluding carboxylic acids is 1. The van der Waals surface area contributed by atoms with E-state index in [1.54, 1.807) is 36.5 Å². The molecule has 30 heavy (non-hydrogen) atoms. The molecule has 2 unspecified atom stereocenters. The number of carbonyl (C=O) groups is 1. The first-order valence-corrected chi connectivity index (χ1v) is 10.8. The highest BCUT2D eigenvalue weighted by Crippen LogP contribution is 2.50. The maximum Gasteiger partial charge on any atom is 0.198 e. The number of para-hydroxylation sites is 1. The number of sulfone groups is 1. The summed E-state index contributed by atoms with van der Waals surface area (Å²) in [5.41, 5.74) is -0.281. The van der Waals surface area contributed by atoms with Gasteiger partial charge in [-0.1, -0.05) is 36.4 Å². The number of benzene rings is 2. The Morgan fingerprint density at radius 1 is 1.00 bits per heavy atom. The van der Waals surface area contributed by atoms with Crippen LogP contribution >= 0.6 is 0 Å². The molecule has 0 aliphatic heterocycles. The quantitative estimate of drug-likeness (QED) is 0.613. The van der Waals surface area contributed by atoms with Crippen LogP contribution in [-0.4, -0.2) is 38.7 Å². The summed E-state index contributed by atoms with van der Waals surface area (Å²) in [6, 6.07) is 15.3. The number of hydrogen-bond donors (Lipinski definition) is 1. The first kappa shape index (κ1) is 20.1. The fraction of sp³-hybridized carbons (Fsp3) is 0.174. The number of fused-ring (bicyclic) bond motifs is 1. The van der Waals surface area contributed by atoms with Crippen molar-refractivity contribution in [3.8, 4) is 0 Å². The number of rotatable bonds is 6. The number of nitrogens with one attached hydrogen (secondary N) is 1. The lowest BCUT2D eigenvalue weighted by Gasteiger charge is -2.44. The molecule has 0 amide bonds. The van der Waals surface area contributed by atoms with Crippen LogP contribution in [0.2, 0.25) is 0 Å². The summed E-state index contributed by atoms with van der Waals surface area (Å²) in [6.07, 6.45) is 6.64. The monoisotopic (exact) mass is 423 g/mol. The van der Waals surface area contributed by atoms with Gasteiger partial charge in [-0.05, 0) is 36.4 Å². The lowest BCUT2D eigenvalue weighted by Crippen LogP contribution is -2.58. The molecule has 2 atom stereocenters. The van der Waals surface area contributed by atoms with Crippen molar-refractivity contribution in [3.05, 3.63) is 90.3 Å². The molecule has 6 nitrogen and oxygen atoms in total. The third kappa shape index (κ3) is 2.59. The van der Waals surface area contributed by atoms with Crippen molar-refractivity contribution in [2.45, 2.75) is 15.2 Å². The molecule has 7 heteroatoms. The van der Waals surface area contributed by atoms with Crippen LogP contribution in [0.1, 0.15) is 5.56 Å². The fourth-order valence-electron chi connectivity index (χ4n) is 4.10. The second-order valence-corrected chi connectivity index (χ2v) is 9.15. The van der Waals surface area contributed by atoms with Crippen molar-refractivity contribution >= 4 is 27.0 Å². The van der Waals surface area contributed by atoms with Gasteiger partial charge in [0.2, 0.25) is 0 Å². The Hall–Kier alpha value is -3.16. The van der Waals surface area contributed by atoms with E-state index in [0.29, 0.717) is 11.8 Å². The Kier molecular flexibility index (Phi) is 4.88. The average molecular weight is 423 g/mol. The molecular weight excluding hydrogens is 402 g/mol. The Morgan fingerprint density at radius 3 is 2.37 bits per heavy atom. The molecule has 1 aliphatic rings. The first-order valence-electron chi connectivity index (χ1n) is 9.29. The highest BCUT2D eigenvalue weighted by molar-refractivity contribution is 7.93. The van der Waals surface area contributed by atoms with Gasteiger partial charge in [-0.2, -0.15) is 0 Å². The van der Waals surface area contributed by atoms with Gasteiger partial charge >= 0.3 is 0 Å². The molecule has 0 radical (unpaired) electrons. The zero-order valence-electron chi connectivity index (χ0n) is 16.5. The van der Waals surface area contributed by atoms with Crippen LogP contribution in [0.15, 0.2) is 89.7 Å². The summed E-state index contributed by atoms with van der Waals surface area (Å²) in [4.78, 5) is 15.9. The van der Waals surface area contributed by atoms with Crippen molar-refractivity contribution in [1.82, 2.24) is 4.98 Å². The van der Waals surface area contributed by atoms with Gasteiger partial charge in [0.05, 0.1) is 12.0 Å². The smallest absolute Gasteiger partial charge is 0.198 e. The molecule has 1 aliphatic carbocycles. The van der Waals surface area contributed by atoms with Gasteiger partial charge in [0, 0.05) is 29.8 Å². The number of aromatic amines is 1. The molecule has 2 aromatic carbocycles. The summed E-state index contributed by atoms with van der Waals surface area (Å²) in [5, 5.41) is 0.757. The standard InChI is InChI=1S/C23H21NO5S/c1-28-17-12-13-23(29-2,20-15-24-21-11-7-6-10-19(20)21)22(14-17,16-25)30(26,27)18-8-4-3-5-9-18/h3-16,24H,1-2H3. The van der Waals surface area contributed by atoms with E-state index in [0.717, 1.165) is 10.9 Å². The number of H-pyrrole nitrogens is 1. The third-order valence-electron chi connectivity index (χ3n) is 5.64. The number of hydrogen-bond acceptors (Lipinski definition) is 5. The van der Waals surface area contributed by atoms with Gasteiger partial charge in [-0.25, -0.2) is 8.42 Å². The van der Waals surface area contributed by atoms with E-state index in [9.17, 15) is 13.2 Å². The van der Waals surface area contributed by atoms with Crippen molar-refractivity contribution in [1.29, 1.82) is 0 Å². The van der Waals surface area contributed by atoms with Crippen molar-refractivity contribution in [2.24, 2.45) is 0 Å². The van der Waals surface area contributed by atoms with E-state index < -0.39 is 20.2 Å². The summed E-state index contributed by atoms with van der Waals surface area (Å²) in [5.74, 6) is 0.258. The molecule has 1 heterocycles. The highest BCUT2D eigenvalue weighted by atomic mass is 32.2. The van der Waals surface area contributed by atoms with Crippen LogP contribution in [0.3, 0.4) is 0 Å². The molecule has 4 rings (SSSR count). The summed E-state index contributed by atoms with van der Waals surface area (Å²) in [6.45, 7) is 0. The molecule has 0 spiro atoms. The lowest BCUT2D eigenvalue weighted by molar-refractivity contribution is -0.115. The zero-order valence-corrected chi connectivity index (χ0v) is 17.3. The molecule has 0 saturated heterocycles. The van der Waals surface area contributed by atoms with Crippen LogP contribution in [0.25, 0.3) is 10.9 Å². The van der Waals surface area contributed by atoms with Crippen molar-refractivity contribution in [3.63, 3.8) is 0 Å². The van der Waals surface area contributed by atoms with Crippen LogP contribution < -0.4 is 0 Å². The Bertz CT molecular complexity index is 1260. The Labute approximate surface area is 174 Å². The van der Waals surface area contributed by atoms with Gasteiger partial charge in [0.1, 0.15) is 17.6 Å². The fourth-order valence-corrected chi connectivity index (χ4v) is 6.06. The minimum atomic E-state index is -4.25. The molecular formula is C23H21NO5S. The van der Waals surface area contributed by atoms with Crippen LogP contribution in [-0.2, 0) is 29.7 Å². The average Bonchev–Trinajstić information content (AvgIpc) is 3.23. The predicted molar refractivity (Wildman–Crippen MR) is 114 cm³/mol. The van der Waals surface area contributed by atoms with Gasteiger partial charge in [0.15, 0.2) is 14.6 Å². The maximum atomic E-state index is 14.0. The Balaban J connectivity index is 2.10. The molecule has 0 saturated carbocycles. The maximum absolute atomic E-state index is 14.0. The first-order chi connectivity index (χ1) is 14.5. The molecule has 0 bridgehead atoms. The van der Waals surface area contributed by atoms with E-state index in [2.05, 4.69) is 4.98 Å². The second kappa shape index (κ2) is 7.27. The minimum Gasteiger partial charge on any atom is -0.497 e. The molecule has 1 aromatic heterocycles. The summed E-state index contributed by atoms with van der Waals surface area (Å²) >= 11 is 0.